The van der Waals surface area contributed by atoms with Crippen molar-refractivity contribution in [3.63, 3.8) is 0 Å². The van der Waals surface area contributed by atoms with Gasteiger partial charge in [0.15, 0.2) is 0 Å². The molecule has 0 spiro atoms. The number of hydrogen-bond donors (Lipinski definition) is 1. The van der Waals surface area contributed by atoms with E-state index in [4.69, 9.17) is 0 Å². The Bertz CT molecular complexity index is 163. The van der Waals surface area contributed by atoms with Crippen LogP contribution >= 0.6 is 11.8 Å². The lowest BCUT2D eigenvalue weighted by atomic mass is 10.2. The molecule has 1 fully saturated rings. The van der Waals surface area contributed by atoms with Crippen molar-refractivity contribution in [2.75, 3.05) is 5.75 Å². The van der Waals surface area contributed by atoms with Crippen molar-refractivity contribution in [2.24, 2.45) is 0 Å². The second kappa shape index (κ2) is 4.72. The Morgan fingerprint density at radius 3 is 3.00 bits per heavy atom. The Morgan fingerprint density at radius 1 is 1.75 bits per heavy atom. The van der Waals surface area contributed by atoms with Gasteiger partial charge in [-0.3, -0.25) is 0 Å². The average Bonchev–Trinajstić information content (AvgIpc) is 2.48. The van der Waals surface area contributed by atoms with Gasteiger partial charge in [0.2, 0.25) is 0 Å². The lowest BCUT2D eigenvalue weighted by Gasteiger charge is -2.09. The number of carbonyl (C=O) groups excluding carboxylic acids is 1. The van der Waals surface area contributed by atoms with E-state index in [1.165, 1.54) is 12.8 Å². The summed E-state index contributed by atoms with van der Waals surface area (Å²) in [4.78, 5) is 10.5. The van der Waals surface area contributed by atoms with Gasteiger partial charge in [-0.15, -0.1) is 0 Å². The van der Waals surface area contributed by atoms with Crippen LogP contribution < -0.4 is 10.4 Å². The van der Waals surface area contributed by atoms with Gasteiger partial charge in [-0.2, -0.15) is 0 Å². The van der Waals surface area contributed by atoms with Crippen LogP contribution in [0.15, 0.2) is 0 Å². The summed E-state index contributed by atoms with van der Waals surface area (Å²) >= 11 is 1.74. The molecule has 1 aliphatic rings. The van der Waals surface area contributed by atoms with Crippen molar-refractivity contribution in [2.45, 2.75) is 37.6 Å². The Hall–Kier alpha value is -0.220. The predicted molar refractivity (Wildman–Crippen MR) is 46.5 cm³/mol. The van der Waals surface area contributed by atoms with E-state index in [2.05, 4.69) is 6.92 Å². The maximum absolute atomic E-state index is 10.5. The van der Waals surface area contributed by atoms with Crippen LogP contribution in [0.25, 0.3) is 0 Å². The Labute approximate surface area is 76.9 Å². The second-order valence-corrected chi connectivity index (χ2v) is 4.40. The summed E-state index contributed by atoms with van der Waals surface area (Å²) in [6.45, 7) is 2.15. The van der Waals surface area contributed by atoms with Gasteiger partial charge in [-0.05, 0) is 6.42 Å². The molecule has 0 unspecified atom stereocenters. The number of thioether (sulfide) groups is 1. The van der Waals surface area contributed by atoms with Crippen LogP contribution in [0.2, 0.25) is 0 Å². The quantitative estimate of drug-likeness (QED) is 0.613. The van der Waals surface area contributed by atoms with E-state index in [0.717, 1.165) is 6.42 Å². The van der Waals surface area contributed by atoms with E-state index in [1.807, 2.05) is 5.32 Å². The zero-order valence-electron chi connectivity index (χ0n) is 7.29. The van der Waals surface area contributed by atoms with Gasteiger partial charge in [0.25, 0.3) is 0 Å². The van der Waals surface area contributed by atoms with Crippen molar-refractivity contribution < 1.29 is 15.2 Å². The number of carbonyl (C=O) groups is 1. The summed E-state index contributed by atoms with van der Waals surface area (Å²) in [5.41, 5.74) is 0. The normalized spacial score (nSPS) is 29.1. The van der Waals surface area contributed by atoms with Gasteiger partial charge < -0.3 is 15.2 Å². The van der Waals surface area contributed by atoms with Gasteiger partial charge in [0.05, 0.1) is 5.75 Å². The minimum Gasteiger partial charge on any atom is -0.544 e. The summed E-state index contributed by atoms with van der Waals surface area (Å²) in [6.07, 6.45) is 3.49. The number of nitrogens with two attached hydrogens (primary N) is 1. The molecule has 0 aliphatic carbocycles. The van der Waals surface area contributed by atoms with E-state index in [-0.39, 0.29) is 6.04 Å². The maximum Gasteiger partial charge on any atom is 0.136 e. The summed E-state index contributed by atoms with van der Waals surface area (Å²) in [6, 6.07) is -0.308. The number of carboxylic acids is 1. The summed E-state index contributed by atoms with van der Waals surface area (Å²) in [5, 5.41) is 12.8. The van der Waals surface area contributed by atoms with Crippen molar-refractivity contribution in [1.82, 2.24) is 0 Å². The van der Waals surface area contributed by atoms with Crippen LogP contribution in [0.4, 0.5) is 0 Å². The smallest absolute Gasteiger partial charge is 0.136 e. The Kier molecular flexibility index (Phi) is 3.88. The van der Waals surface area contributed by atoms with Gasteiger partial charge in [-0.25, -0.2) is 0 Å². The number of unbranched alkanes of at least 4 members (excludes halogenated alkanes) is 1. The molecule has 1 saturated heterocycles. The van der Waals surface area contributed by atoms with E-state index in [0.29, 0.717) is 11.1 Å². The third-order valence-corrected chi connectivity index (χ3v) is 3.45. The van der Waals surface area contributed by atoms with Crippen molar-refractivity contribution in [3.05, 3.63) is 0 Å². The van der Waals surface area contributed by atoms with E-state index < -0.39 is 5.97 Å². The molecule has 0 saturated carbocycles. The molecule has 70 valence electrons. The highest BCUT2D eigenvalue weighted by Gasteiger charge is 2.28. The van der Waals surface area contributed by atoms with E-state index in [9.17, 15) is 9.90 Å². The zero-order valence-corrected chi connectivity index (χ0v) is 8.10. The first kappa shape index (κ1) is 9.86. The molecule has 2 atom stereocenters. The second-order valence-electron chi connectivity index (χ2n) is 3.13. The topological polar surface area (TPSA) is 56.7 Å². The van der Waals surface area contributed by atoms with Crippen molar-refractivity contribution in [1.29, 1.82) is 0 Å². The van der Waals surface area contributed by atoms with Gasteiger partial charge >= 0.3 is 0 Å². The molecular weight excluding hydrogens is 174 g/mol. The highest BCUT2D eigenvalue weighted by Crippen LogP contribution is 2.16. The average molecular weight is 189 g/mol. The minimum atomic E-state index is -0.915. The third kappa shape index (κ3) is 2.68. The fourth-order valence-corrected chi connectivity index (χ4v) is 2.66. The van der Waals surface area contributed by atoms with Crippen molar-refractivity contribution in [3.8, 4) is 0 Å². The highest BCUT2D eigenvalue weighted by atomic mass is 32.2. The molecule has 3 nitrogen and oxygen atoms in total. The highest BCUT2D eigenvalue weighted by molar-refractivity contribution is 7.99. The van der Waals surface area contributed by atoms with Gasteiger partial charge in [0, 0.05) is 6.42 Å². The first-order valence-electron chi connectivity index (χ1n) is 4.41. The van der Waals surface area contributed by atoms with Crippen LogP contribution in [-0.2, 0) is 4.79 Å². The first-order chi connectivity index (χ1) is 5.74. The monoisotopic (exact) mass is 189 g/mol. The zero-order chi connectivity index (χ0) is 8.97. The SMILES string of the molecule is CCCC[C@@H]1[NH2+][C@H](C(=O)[O-])CS1. The molecule has 1 aliphatic heterocycles. The number of hydrogen-bond acceptors (Lipinski definition) is 3. The molecular formula is C8H15NO2S. The van der Waals surface area contributed by atoms with Crippen molar-refractivity contribution >= 4 is 17.7 Å². The largest absolute Gasteiger partial charge is 0.544 e. The predicted octanol–water partition coefficient (Wildman–Crippen LogP) is -1.07. The van der Waals surface area contributed by atoms with Crippen LogP contribution in [0.3, 0.4) is 0 Å². The molecule has 0 aromatic rings. The molecule has 1 rings (SSSR count). The number of rotatable bonds is 4. The lowest BCUT2D eigenvalue weighted by molar-refractivity contribution is -0.685. The molecule has 12 heavy (non-hydrogen) atoms. The molecule has 0 radical (unpaired) electrons. The molecule has 1 heterocycles. The molecule has 0 bridgehead atoms. The lowest BCUT2D eigenvalue weighted by Crippen LogP contribution is -2.94. The molecule has 0 aromatic carbocycles. The standard InChI is InChI=1S/C8H15NO2S/c1-2-3-4-7-9-6(5-12-7)8(10)11/h6-7,9H,2-5H2,1H3,(H,10,11)/t6-,7+/m0/s1. The van der Waals surface area contributed by atoms with Crippen LogP contribution in [0.1, 0.15) is 26.2 Å². The first-order valence-corrected chi connectivity index (χ1v) is 5.46. The fraction of sp³-hybridized carbons (Fsp3) is 0.875. The van der Waals surface area contributed by atoms with Gasteiger partial charge in [0.1, 0.15) is 17.4 Å². The Morgan fingerprint density at radius 2 is 2.50 bits per heavy atom. The molecule has 4 heteroatoms. The molecule has 0 aromatic heterocycles. The summed E-state index contributed by atoms with van der Waals surface area (Å²) in [7, 11) is 0. The van der Waals surface area contributed by atoms with Crippen LogP contribution in [-0.4, -0.2) is 23.1 Å². The van der Waals surface area contributed by atoms with Crippen LogP contribution in [0, 0.1) is 0 Å². The maximum atomic E-state index is 10.5. The van der Waals surface area contributed by atoms with E-state index in [1.54, 1.807) is 11.8 Å². The number of quaternary nitrogens is 1. The number of aliphatic carboxylic acids is 1. The minimum absolute atomic E-state index is 0.308. The summed E-state index contributed by atoms with van der Waals surface area (Å²) < 4.78 is 0. The van der Waals surface area contributed by atoms with Crippen LogP contribution in [0.5, 0.6) is 0 Å². The molecule has 0 amide bonds. The fourth-order valence-electron chi connectivity index (χ4n) is 1.33. The Balaban J connectivity index is 2.21. The molecule has 2 N–H and O–H groups in total. The van der Waals surface area contributed by atoms with E-state index >= 15 is 0 Å². The van der Waals surface area contributed by atoms with Gasteiger partial charge in [-0.1, -0.05) is 25.1 Å². The third-order valence-electron chi connectivity index (χ3n) is 2.08. The summed E-state index contributed by atoms with van der Waals surface area (Å²) in [5.74, 6) is -0.210. The number of carboxylic acid groups (broad SMARTS) is 1.